The summed E-state index contributed by atoms with van der Waals surface area (Å²) in [4.78, 5) is 19.0. The predicted octanol–water partition coefficient (Wildman–Crippen LogP) is 7.20. The van der Waals surface area contributed by atoms with Crippen molar-refractivity contribution in [2.75, 3.05) is 13.2 Å². The number of nitrogens with zero attached hydrogens (tertiary/aromatic N) is 3. The molecule has 0 spiro atoms. The number of halogens is 4. The molecule has 190 valence electrons. The molecule has 0 bridgehead atoms. The number of aromatic nitrogens is 2. The Balaban J connectivity index is 2.06. The van der Waals surface area contributed by atoms with E-state index in [2.05, 4.69) is 40.6 Å². The van der Waals surface area contributed by atoms with Crippen LogP contribution >= 0.6 is 15.9 Å². The van der Waals surface area contributed by atoms with Crippen LogP contribution in [0.2, 0.25) is 25.7 Å². The lowest BCUT2D eigenvalue weighted by atomic mass is 10.1. The highest BCUT2D eigenvalue weighted by atomic mass is 79.9. The highest BCUT2D eigenvalue weighted by Gasteiger charge is 2.39. The summed E-state index contributed by atoms with van der Waals surface area (Å²) < 4.78 is 55.3. The average Bonchev–Trinajstić information content (AvgIpc) is 3.26. The van der Waals surface area contributed by atoms with Gasteiger partial charge in [0.1, 0.15) is 18.2 Å². The van der Waals surface area contributed by atoms with E-state index in [4.69, 9.17) is 9.47 Å². The number of alkyl halides is 3. The zero-order valence-electron chi connectivity index (χ0n) is 20.6. The number of likely N-dealkylation sites (tertiary alicyclic amines) is 1. The third kappa shape index (κ3) is 6.54. The van der Waals surface area contributed by atoms with Crippen LogP contribution in [0.4, 0.5) is 18.0 Å². The highest BCUT2D eigenvalue weighted by Crippen LogP contribution is 2.40. The van der Waals surface area contributed by atoms with Gasteiger partial charge in [-0.05, 0) is 51.8 Å². The monoisotopic (exact) mass is 563 g/mol. The fourth-order valence-electron chi connectivity index (χ4n) is 3.96. The molecule has 34 heavy (non-hydrogen) atoms. The molecular formula is C23H33BrF3N3O3Si. The average molecular weight is 565 g/mol. The number of benzene rings is 1. The van der Waals surface area contributed by atoms with Crippen molar-refractivity contribution in [3.63, 3.8) is 0 Å². The molecule has 0 saturated carbocycles. The van der Waals surface area contributed by atoms with Crippen LogP contribution in [0.3, 0.4) is 0 Å². The SMILES string of the molecule is CC(C)(C)OC(=O)N1CCC[C@H]1c1nc2cc(Br)cc(C(F)(F)F)c2n1COCC[Si](C)(C)C. The van der Waals surface area contributed by atoms with Gasteiger partial charge < -0.3 is 14.0 Å². The molecule has 1 amide bonds. The number of hydrogen-bond acceptors (Lipinski definition) is 4. The molecule has 0 aliphatic carbocycles. The zero-order chi connectivity index (χ0) is 25.5. The van der Waals surface area contributed by atoms with Gasteiger partial charge in [0.15, 0.2) is 0 Å². The molecule has 3 rings (SSSR count). The van der Waals surface area contributed by atoms with Crippen LogP contribution in [0, 0.1) is 0 Å². The zero-order valence-corrected chi connectivity index (χ0v) is 23.1. The van der Waals surface area contributed by atoms with E-state index in [-0.39, 0.29) is 17.8 Å². The molecule has 6 nitrogen and oxygen atoms in total. The normalized spacial score (nSPS) is 17.6. The molecular weight excluding hydrogens is 531 g/mol. The van der Waals surface area contributed by atoms with E-state index in [1.54, 1.807) is 31.7 Å². The van der Waals surface area contributed by atoms with Gasteiger partial charge in [-0.2, -0.15) is 13.2 Å². The molecule has 0 radical (unpaired) electrons. The Morgan fingerprint density at radius 3 is 2.50 bits per heavy atom. The summed E-state index contributed by atoms with van der Waals surface area (Å²) in [5.74, 6) is 0.384. The Bertz CT molecular complexity index is 1040. The van der Waals surface area contributed by atoms with Gasteiger partial charge in [-0.3, -0.25) is 4.90 Å². The van der Waals surface area contributed by atoms with E-state index in [9.17, 15) is 18.0 Å². The van der Waals surface area contributed by atoms with E-state index in [0.29, 0.717) is 36.3 Å². The van der Waals surface area contributed by atoms with Crippen LogP contribution in [0.1, 0.15) is 51.0 Å². The summed E-state index contributed by atoms with van der Waals surface area (Å²) in [5.41, 5.74) is -1.29. The van der Waals surface area contributed by atoms with Crippen molar-refractivity contribution in [1.29, 1.82) is 0 Å². The van der Waals surface area contributed by atoms with E-state index in [1.807, 2.05) is 0 Å². The van der Waals surface area contributed by atoms with Crippen molar-refractivity contribution in [2.24, 2.45) is 0 Å². The molecule has 1 aromatic heterocycles. The number of rotatable bonds is 6. The minimum absolute atomic E-state index is 0.0326. The third-order valence-corrected chi connectivity index (χ3v) is 7.70. The fraction of sp³-hybridized carbons (Fsp3) is 0.652. The third-order valence-electron chi connectivity index (χ3n) is 5.54. The predicted molar refractivity (Wildman–Crippen MR) is 131 cm³/mol. The number of imidazole rings is 1. The van der Waals surface area contributed by atoms with Gasteiger partial charge in [0.05, 0.1) is 22.6 Å². The van der Waals surface area contributed by atoms with Crippen LogP contribution < -0.4 is 0 Å². The summed E-state index contributed by atoms with van der Waals surface area (Å²) >= 11 is 3.19. The molecule has 1 saturated heterocycles. The van der Waals surface area contributed by atoms with E-state index < -0.39 is 37.5 Å². The van der Waals surface area contributed by atoms with E-state index in [1.165, 1.54) is 4.57 Å². The van der Waals surface area contributed by atoms with Crippen molar-refractivity contribution in [3.05, 3.63) is 28.0 Å². The fourth-order valence-corrected chi connectivity index (χ4v) is 5.16. The first-order chi connectivity index (χ1) is 15.6. The Morgan fingerprint density at radius 1 is 1.24 bits per heavy atom. The molecule has 2 heterocycles. The summed E-state index contributed by atoms with van der Waals surface area (Å²) in [5, 5.41) is 0. The van der Waals surface area contributed by atoms with Crippen LogP contribution in [0.5, 0.6) is 0 Å². The van der Waals surface area contributed by atoms with E-state index in [0.717, 1.165) is 12.1 Å². The number of carbonyl (C=O) groups excluding carboxylic acids is 1. The van der Waals surface area contributed by atoms with Crippen molar-refractivity contribution in [3.8, 4) is 0 Å². The van der Waals surface area contributed by atoms with Gasteiger partial charge in [0.2, 0.25) is 0 Å². The van der Waals surface area contributed by atoms with Gasteiger partial charge >= 0.3 is 12.3 Å². The highest BCUT2D eigenvalue weighted by molar-refractivity contribution is 9.10. The second-order valence-corrected chi connectivity index (χ2v) is 17.4. The first-order valence-electron chi connectivity index (χ1n) is 11.4. The standard InChI is InChI=1S/C23H33BrF3N3O3Si/c1-22(2,3)33-21(31)29-9-7-8-18(29)20-28-17-13-15(24)12-16(23(25,26)27)19(17)30(20)14-32-10-11-34(4,5)6/h12-13,18H,7-11,14H2,1-6H3/t18-/m0/s1. The van der Waals surface area contributed by atoms with Gasteiger partial charge in [-0.1, -0.05) is 35.6 Å². The summed E-state index contributed by atoms with van der Waals surface area (Å²) in [7, 11) is -1.37. The molecule has 11 heteroatoms. The minimum atomic E-state index is -4.57. The maximum absolute atomic E-state index is 14.0. The lowest BCUT2D eigenvalue weighted by Crippen LogP contribution is -2.37. The lowest BCUT2D eigenvalue weighted by Gasteiger charge is -2.28. The van der Waals surface area contributed by atoms with Crippen LogP contribution in [-0.2, 0) is 22.4 Å². The Hall–Kier alpha value is -1.59. The molecule has 2 aromatic rings. The minimum Gasteiger partial charge on any atom is -0.444 e. The van der Waals surface area contributed by atoms with Crippen molar-refractivity contribution >= 4 is 41.1 Å². The van der Waals surface area contributed by atoms with Crippen molar-refractivity contribution < 1.29 is 27.4 Å². The molecule has 1 aromatic carbocycles. The number of ether oxygens (including phenoxy) is 2. The Labute approximate surface area is 207 Å². The lowest BCUT2D eigenvalue weighted by molar-refractivity contribution is -0.136. The van der Waals surface area contributed by atoms with Crippen LogP contribution in [0.25, 0.3) is 11.0 Å². The van der Waals surface area contributed by atoms with Gasteiger partial charge in [0, 0.05) is 25.7 Å². The maximum Gasteiger partial charge on any atom is 0.418 e. The number of hydrogen-bond donors (Lipinski definition) is 0. The molecule has 0 unspecified atom stereocenters. The summed E-state index contributed by atoms with van der Waals surface area (Å²) in [6.45, 7) is 12.8. The van der Waals surface area contributed by atoms with Gasteiger partial charge in [-0.25, -0.2) is 9.78 Å². The number of amides is 1. The van der Waals surface area contributed by atoms with Gasteiger partial charge in [0.25, 0.3) is 0 Å². The molecule has 1 fully saturated rings. The first kappa shape index (κ1) is 27.0. The molecule has 1 aliphatic rings. The molecule has 1 atom stereocenters. The summed E-state index contributed by atoms with van der Waals surface area (Å²) in [6, 6.07) is 3.02. The topological polar surface area (TPSA) is 56.6 Å². The van der Waals surface area contributed by atoms with Crippen LogP contribution in [0.15, 0.2) is 16.6 Å². The van der Waals surface area contributed by atoms with Crippen molar-refractivity contribution in [1.82, 2.24) is 14.5 Å². The smallest absolute Gasteiger partial charge is 0.418 e. The molecule has 0 N–H and O–H groups in total. The van der Waals surface area contributed by atoms with E-state index >= 15 is 0 Å². The van der Waals surface area contributed by atoms with Crippen LogP contribution in [-0.4, -0.2) is 47.4 Å². The van der Waals surface area contributed by atoms with Gasteiger partial charge in [-0.15, -0.1) is 0 Å². The second-order valence-electron chi connectivity index (χ2n) is 10.9. The van der Waals surface area contributed by atoms with Crippen molar-refractivity contribution in [2.45, 2.75) is 83.8 Å². The molecule has 1 aliphatic heterocycles. The second kappa shape index (κ2) is 9.81. The largest absolute Gasteiger partial charge is 0.444 e. The maximum atomic E-state index is 14.0. The number of carbonyl (C=O) groups is 1. The number of fused-ring (bicyclic) bond motifs is 1. The first-order valence-corrected chi connectivity index (χ1v) is 15.9. The Kier molecular flexibility index (Phi) is 7.79. The Morgan fingerprint density at radius 2 is 1.91 bits per heavy atom. The summed E-state index contributed by atoms with van der Waals surface area (Å²) in [6.07, 6.45) is -3.78. The quantitative estimate of drug-likeness (QED) is 0.275.